The Kier molecular flexibility index (Phi) is 5.82. The first-order valence-electron chi connectivity index (χ1n) is 9.53. The van der Waals surface area contributed by atoms with Gasteiger partial charge in [0.1, 0.15) is 5.76 Å². The highest BCUT2D eigenvalue weighted by Gasteiger charge is 2.31. The predicted molar refractivity (Wildman–Crippen MR) is 104 cm³/mol. The molecule has 0 unspecified atom stereocenters. The number of furan rings is 1. The molecule has 0 spiro atoms. The summed E-state index contributed by atoms with van der Waals surface area (Å²) >= 11 is 0. The third-order valence-corrected chi connectivity index (χ3v) is 5.71. The van der Waals surface area contributed by atoms with Crippen LogP contribution >= 0.6 is 0 Å². The summed E-state index contributed by atoms with van der Waals surface area (Å²) < 4.78 is 5.64. The van der Waals surface area contributed by atoms with Gasteiger partial charge >= 0.3 is 0 Å². The number of rotatable bonds is 5. The van der Waals surface area contributed by atoms with Crippen LogP contribution in [0, 0.1) is 12.8 Å². The van der Waals surface area contributed by atoms with E-state index in [1.54, 1.807) is 6.26 Å². The molecule has 1 aromatic heterocycles. The van der Waals surface area contributed by atoms with Crippen LogP contribution in [0.3, 0.4) is 0 Å². The smallest absolute Gasteiger partial charge is 0.221 e. The van der Waals surface area contributed by atoms with Gasteiger partial charge in [0.15, 0.2) is 0 Å². The molecule has 0 bridgehead atoms. The van der Waals surface area contributed by atoms with E-state index in [-0.39, 0.29) is 17.9 Å². The fourth-order valence-electron chi connectivity index (χ4n) is 3.86. The number of nitrogens with one attached hydrogen (secondary N) is 1. The minimum absolute atomic E-state index is 0.0513. The zero-order valence-corrected chi connectivity index (χ0v) is 16.2. The molecule has 2 aromatic rings. The van der Waals surface area contributed by atoms with Crippen LogP contribution in [0.4, 0.5) is 0 Å². The van der Waals surface area contributed by atoms with Crippen molar-refractivity contribution in [3.05, 3.63) is 59.5 Å². The highest BCUT2D eigenvalue weighted by Crippen LogP contribution is 2.29. The molecule has 1 aliphatic rings. The minimum atomic E-state index is -0.0513. The molecule has 4 heteroatoms. The fraction of sp³-hybridized carbons (Fsp3) is 0.500. The highest BCUT2D eigenvalue weighted by molar-refractivity contribution is 5.77. The van der Waals surface area contributed by atoms with Gasteiger partial charge in [0.25, 0.3) is 0 Å². The first-order valence-corrected chi connectivity index (χ1v) is 9.53. The van der Waals surface area contributed by atoms with Gasteiger partial charge in [0.2, 0.25) is 5.91 Å². The largest absolute Gasteiger partial charge is 0.469 e. The lowest BCUT2D eigenvalue weighted by Gasteiger charge is -2.40. The van der Waals surface area contributed by atoms with Crippen molar-refractivity contribution in [1.82, 2.24) is 10.2 Å². The molecule has 1 N–H and O–H groups in total. The van der Waals surface area contributed by atoms with Crippen LogP contribution in [-0.4, -0.2) is 36.5 Å². The number of hydrogen-bond donors (Lipinski definition) is 1. The molecule has 0 aliphatic carbocycles. The van der Waals surface area contributed by atoms with Crippen LogP contribution in [0.2, 0.25) is 0 Å². The van der Waals surface area contributed by atoms with Gasteiger partial charge in [0.05, 0.1) is 12.2 Å². The lowest BCUT2D eigenvalue weighted by atomic mass is 9.88. The van der Waals surface area contributed by atoms with Crippen molar-refractivity contribution in [1.29, 1.82) is 0 Å². The molecule has 0 radical (unpaired) electrons. The Morgan fingerprint density at radius 1 is 1.27 bits per heavy atom. The molecular formula is C22H30N2O2. The van der Waals surface area contributed by atoms with Crippen LogP contribution in [0.25, 0.3) is 0 Å². The molecule has 3 rings (SSSR count). The van der Waals surface area contributed by atoms with Crippen molar-refractivity contribution < 1.29 is 9.21 Å². The van der Waals surface area contributed by atoms with Crippen molar-refractivity contribution in [2.45, 2.75) is 51.6 Å². The molecular weight excluding hydrogens is 324 g/mol. The van der Waals surface area contributed by atoms with Gasteiger partial charge in [-0.05, 0) is 50.9 Å². The Morgan fingerprint density at radius 3 is 2.65 bits per heavy atom. The van der Waals surface area contributed by atoms with Crippen LogP contribution < -0.4 is 5.32 Å². The molecule has 1 saturated heterocycles. The summed E-state index contributed by atoms with van der Waals surface area (Å²) in [6.07, 6.45) is 3.08. The molecule has 1 amide bonds. The maximum absolute atomic E-state index is 12.8. The standard InChI is InChI=1S/C22H30N2O2/c1-15-7-9-18(10-8-15)19(21-6-5-11-26-21)13-22(25)23-20-12-17(3)24(4)14-16(20)2/h5-11,16-17,19-20H,12-14H2,1-4H3,(H,23,25)/t16-,17+,19+,20+/m1/s1. The first-order chi connectivity index (χ1) is 12.4. The van der Waals surface area contributed by atoms with E-state index >= 15 is 0 Å². The molecule has 26 heavy (non-hydrogen) atoms. The van der Waals surface area contributed by atoms with Gasteiger partial charge in [-0.15, -0.1) is 0 Å². The number of nitrogens with zero attached hydrogens (tertiary/aromatic N) is 1. The van der Waals surface area contributed by atoms with Crippen molar-refractivity contribution in [3.8, 4) is 0 Å². The number of amides is 1. The quantitative estimate of drug-likeness (QED) is 0.884. The zero-order valence-electron chi connectivity index (χ0n) is 16.2. The number of hydrogen-bond acceptors (Lipinski definition) is 3. The van der Waals surface area contributed by atoms with Gasteiger partial charge in [0, 0.05) is 25.0 Å². The lowest BCUT2D eigenvalue weighted by Crippen LogP contribution is -2.52. The van der Waals surface area contributed by atoms with Crippen molar-refractivity contribution in [3.63, 3.8) is 0 Å². The molecule has 2 heterocycles. The fourth-order valence-corrected chi connectivity index (χ4v) is 3.86. The van der Waals surface area contributed by atoms with Crippen LogP contribution in [0.5, 0.6) is 0 Å². The Balaban J connectivity index is 1.71. The molecule has 1 aliphatic heterocycles. The van der Waals surface area contributed by atoms with E-state index in [2.05, 4.69) is 62.3 Å². The number of aryl methyl sites for hydroxylation is 1. The van der Waals surface area contributed by atoms with E-state index in [1.165, 1.54) is 5.56 Å². The van der Waals surface area contributed by atoms with Crippen molar-refractivity contribution in [2.75, 3.05) is 13.6 Å². The summed E-state index contributed by atoms with van der Waals surface area (Å²) in [6.45, 7) is 7.53. The summed E-state index contributed by atoms with van der Waals surface area (Å²) in [6, 6.07) is 12.9. The third-order valence-electron chi connectivity index (χ3n) is 5.71. The Morgan fingerprint density at radius 2 is 2.00 bits per heavy atom. The minimum Gasteiger partial charge on any atom is -0.469 e. The first kappa shape index (κ1) is 18.7. The summed E-state index contributed by atoms with van der Waals surface area (Å²) in [7, 11) is 2.16. The monoisotopic (exact) mass is 354 g/mol. The summed E-state index contributed by atoms with van der Waals surface area (Å²) in [5, 5.41) is 3.29. The molecule has 4 atom stereocenters. The number of likely N-dealkylation sites (tertiary alicyclic amines) is 1. The molecule has 1 aromatic carbocycles. The topological polar surface area (TPSA) is 45.5 Å². The van der Waals surface area contributed by atoms with Crippen molar-refractivity contribution in [2.24, 2.45) is 5.92 Å². The van der Waals surface area contributed by atoms with E-state index < -0.39 is 0 Å². The second-order valence-corrected chi connectivity index (χ2v) is 7.86. The molecule has 0 saturated carbocycles. The number of piperidine rings is 1. The second kappa shape index (κ2) is 8.09. The lowest BCUT2D eigenvalue weighted by molar-refractivity contribution is -0.123. The zero-order chi connectivity index (χ0) is 18.7. The Labute approximate surface area is 156 Å². The summed E-state index contributed by atoms with van der Waals surface area (Å²) in [4.78, 5) is 15.2. The Hall–Kier alpha value is -2.07. The van der Waals surface area contributed by atoms with Crippen LogP contribution in [0.15, 0.2) is 47.1 Å². The maximum atomic E-state index is 12.8. The average molecular weight is 354 g/mol. The van der Waals surface area contributed by atoms with E-state index in [9.17, 15) is 4.79 Å². The van der Waals surface area contributed by atoms with Crippen LogP contribution in [-0.2, 0) is 4.79 Å². The number of carbonyl (C=O) groups excluding carboxylic acids is 1. The summed E-state index contributed by atoms with van der Waals surface area (Å²) in [5.41, 5.74) is 2.33. The number of carbonyl (C=O) groups is 1. The van der Waals surface area contributed by atoms with Gasteiger partial charge in [-0.2, -0.15) is 0 Å². The predicted octanol–water partition coefficient (Wildman–Crippen LogP) is 3.95. The maximum Gasteiger partial charge on any atom is 0.221 e. The van der Waals surface area contributed by atoms with Gasteiger partial charge in [-0.25, -0.2) is 0 Å². The van der Waals surface area contributed by atoms with Crippen LogP contribution in [0.1, 0.15) is 49.5 Å². The second-order valence-electron chi connectivity index (χ2n) is 7.86. The van der Waals surface area contributed by atoms with Gasteiger partial charge in [-0.3, -0.25) is 4.79 Å². The highest BCUT2D eigenvalue weighted by atomic mass is 16.3. The van der Waals surface area contributed by atoms with E-state index in [1.807, 2.05) is 12.1 Å². The van der Waals surface area contributed by atoms with E-state index in [0.29, 0.717) is 18.4 Å². The normalized spacial score (nSPS) is 25.0. The third kappa shape index (κ3) is 4.36. The summed E-state index contributed by atoms with van der Waals surface area (Å²) in [5.74, 6) is 1.35. The number of benzene rings is 1. The van der Waals surface area contributed by atoms with Gasteiger partial charge < -0.3 is 14.6 Å². The molecule has 1 fully saturated rings. The van der Waals surface area contributed by atoms with E-state index in [4.69, 9.17) is 4.42 Å². The Bertz CT molecular complexity index is 708. The average Bonchev–Trinajstić information content (AvgIpc) is 3.13. The van der Waals surface area contributed by atoms with E-state index in [0.717, 1.165) is 24.3 Å². The molecule has 140 valence electrons. The van der Waals surface area contributed by atoms with Gasteiger partial charge in [-0.1, -0.05) is 36.8 Å². The SMILES string of the molecule is Cc1ccc([C@H](CC(=O)N[C@H]2C[C@H](C)N(C)C[C@H]2C)c2ccco2)cc1. The van der Waals surface area contributed by atoms with Crippen molar-refractivity contribution >= 4 is 5.91 Å². The molecule has 4 nitrogen and oxygen atoms in total.